The fraction of sp³-hybridized carbons (Fsp3) is 0.368. The minimum absolute atomic E-state index is 0.238. The average molecular weight is 387 g/mol. The van der Waals surface area contributed by atoms with Gasteiger partial charge >= 0.3 is 0 Å². The SMILES string of the molecule is CN=C(NCc1ncccc1C)NCC1(c2cccc(Br)c2)CC1. The highest BCUT2D eigenvalue weighted by atomic mass is 79.9. The van der Waals surface area contributed by atoms with Gasteiger partial charge in [0.25, 0.3) is 0 Å². The molecule has 0 atom stereocenters. The van der Waals surface area contributed by atoms with E-state index in [-0.39, 0.29) is 5.41 Å². The van der Waals surface area contributed by atoms with Crippen molar-refractivity contribution in [2.45, 2.75) is 31.7 Å². The number of aliphatic imine (C=N–C) groups is 1. The molecule has 1 saturated carbocycles. The Morgan fingerprint density at radius 1 is 1.25 bits per heavy atom. The summed E-state index contributed by atoms with van der Waals surface area (Å²) in [6.45, 7) is 3.65. The molecule has 1 aromatic heterocycles. The maximum absolute atomic E-state index is 4.41. The zero-order valence-electron chi connectivity index (χ0n) is 14.1. The molecule has 2 aromatic rings. The molecule has 0 radical (unpaired) electrons. The largest absolute Gasteiger partial charge is 0.356 e. The van der Waals surface area contributed by atoms with Crippen LogP contribution < -0.4 is 10.6 Å². The van der Waals surface area contributed by atoms with Gasteiger partial charge in [-0.2, -0.15) is 0 Å². The Morgan fingerprint density at radius 3 is 2.75 bits per heavy atom. The summed E-state index contributed by atoms with van der Waals surface area (Å²) in [5.41, 5.74) is 3.87. The van der Waals surface area contributed by atoms with Crippen molar-refractivity contribution in [3.63, 3.8) is 0 Å². The first-order valence-electron chi connectivity index (χ1n) is 8.24. The normalized spacial score (nSPS) is 15.9. The molecule has 5 heteroatoms. The Hall–Kier alpha value is -1.88. The van der Waals surface area contributed by atoms with Crippen LogP contribution in [0.15, 0.2) is 52.1 Å². The van der Waals surface area contributed by atoms with Gasteiger partial charge in [-0.05, 0) is 49.1 Å². The first-order valence-corrected chi connectivity index (χ1v) is 9.03. The van der Waals surface area contributed by atoms with Gasteiger partial charge in [-0.1, -0.05) is 34.1 Å². The van der Waals surface area contributed by atoms with Gasteiger partial charge in [0.2, 0.25) is 0 Å². The molecule has 0 bridgehead atoms. The van der Waals surface area contributed by atoms with Crippen LogP contribution in [-0.2, 0) is 12.0 Å². The predicted molar refractivity (Wildman–Crippen MR) is 102 cm³/mol. The molecular weight excluding hydrogens is 364 g/mol. The summed E-state index contributed by atoms with van der Waals surface area (Å²) in [5.74, 6) is 0.821. The van der Waals surface area contributed by atoms with Crippen LogP contribution in [0.1, 0.15) is 29.7 Å². The van der Waals surface area contributed by atoms with E-state index >= 15 is 0 Å². The lowest BCUT2D eigenvalue weighted by Gasteiger charge is -2.19. The number of nitrogens with one attached hydrogen (secondary N) is 2. The van der Waals surface area contributed by atoms with Gasteiger partial charge in [-0.3, -0.25) is 9.98 Å². The quantitative estimate of drug-likeness (QED) is 0.610. The molecule has 0 amide bonds. The number of hydrogen-bond donors (Lipinski definition) is 2. The number of halogens is 1. The van der Waals surface area contributed by atoms with E-state index in [0.29, 0.717) is 6.54 Å². The van der Waals surface area contributed by atoms with E-state index in [9.17, 15) is 0 Å². The highest BCUT2D eigenvalue weighted by molar-refractivity contribution is 9.10. The molecule has 1 aliphatic carbocycles. The molecule has 126 valence electrons. The highest BCUT2D eigenvalue weighted by Gasteiger charge is 2.44. The van der Waals surface area contributed by atoms with Crippen LogP contribution in [0.5, 0.6) is 0 Å². The minimum atomic E-state index is 0.238. The zero-order chi connectivity index (χ0) is 17.0. The molecule has 1 aliphatic rings. The van der Waals surface area contributed by atoms with Gasteiger partial charge in [-0.25, -0.2) is 0 Å². The van der Waals surface area contributed by atoms with Crippen molar-refractivity contribution in [1.82, 2.24) is 15.6 Å². The average Bonchev–Trinajstić information content (AvgIpc) is 3.38. The number of guanidine groups is 1. The maximum atomic E-state index is 4.41. The third-order valence-electron chi connectivity index (χ3n) is 4.65. The Kier molecular flexibility index (Phi) is 5.19. The molecule has 1 aromatic carbocycles. The summed E-state index contributed by atoms with van der Waals surface area (Å²) in [4.78, 5) is 8.74. The van der Waals surface area contributed by atoms with Crippen molar-refractivity contribution in [3.8, 4) is 0 Å². The van der Waals surface area contributed by atoms with Gasteiger partial charge in [0.1, 0.15) is 0 Å². The number of hydrogen-bond acceptors (Lipinski definition) is 2. The van der Waals surface area contributed by atoms with E-state index in [1.54, 1.807) is 7.05 Å². The molecule has 3 rings (SSSR count). The smallest absolute Gasteiger partial charge is 0.191 e. The summed E-state index contributed by atoms with van der Waals surface area (Å²) in [7, 11) is 1.80. The van der Waals surface area contributed by atoms with E-state index in [4.69, 9.17) is 0 Å². The Bertz CT molecular complexity index is 738. The lowest BCUT2D eigenvalue weighted by atomic mass is 9.96. The van der Waals surface area contributed by atoms with E-state index in [0.717, 1.165) is 22.7 Å². The first kappa shape index (κ1) is 17.0. The van der Waals surface area contributed by atoms with E-state index < -0.39 is 0 Å². The molecule has 1 fully saturated rings. The second-order valence-electron chi connectivity index (χ2n) is 6.34. The van der Waals surface area contributed by atoms with E-state index in [1.807, 2.05) is 12.3 Å². The summed E-state index contributed by atoms with van der Waals surface area (Å²) in [6, 6.07) is 12.7. The Balaban J connectivity index is 1.58. The van der Waals surface area contributed by atoms with E-state index in [2.05, 4.69) is 73.8 Å². The molecule has 4 nitrogen and oxygen atoms in total. The fourth-order valence-corrected chi connectivity index (χ4v) is 3.28. The van der Waals surface area contributed by atoms with Gasteiger partial charge in [-0.15, -0.1) is 0 Å². The van der Waals surface area contributed by atoms with Gasteiger partial charge < -0.3 is 10.6 Å². The molecular formula is C19H23BrN4. The van der Waals surface area contributed by atoms with Crippen molar-refractivity contribution < 1.29 is 0 Å². The van der Waals surface area contributed by atoms with Gasteiger partial charge in [0, 0.05) is 29.7 Å². The van der Waals surface area contributed by atoms with Crippen molar-refractivity contribution in [1.29, 1.82) is 0 Å². The van der Waals surface area contributed by atoms with Crippen molar-refractivity contribution in [2.75, 3.05) is 13.6 Å². The lowest BCUT2D eigenvalue weighted by molar-refractivity contribution is 0.644. The van der Waals surface area contributed by atoms with Crippen molar-refractivity contribution >= 4 is 21.9 Å². The lowest BCUT2D eigenvalue weighted by Crippen LogP contribution is -2.41. The Labute approximate surface area is 151 Å². The standard InChI is InChI=1S/C19H23BrN4/c1-14-5-4-10-22-17(14)12-23-18(21-2)24-13-19(8-9-19)15-6-3-7-16(20)11-15/h3-7,10-11H,8-9,12-13H2,1-2H3,(H2,21,23,24). The van der Waals surface area contributed by atoms with Crippen LogP contribution in [0.2, 0.25) is 0 Å². The van der Waals surface area contributed by atoms with Crippen LogP contribution in [0.3, 0.4) is 0 Å². The van der Waals surface area contributed by atoms with Crippen molar-refractivity contribution in [2.24, 2.45) is 4.99 Å². The number of rotatable bonds is 5. The van der Waals surface area contributed by atoms with Crippen LogP contribution in [0.4, 0.5) is 0 Å². The molecule has 0 saturated heterocycles. The molecule has 24 heavy (non-hydrogen) atoms. The monoisotopic (exact) mass is 386 g/mol. The summed E-state index contributed by atoms with van der Waals surface area (Å²) in [5, 5.41) is 6.83. The third-order valence-corrected chi connectivity index (χ3v) is 5.14. The second kappa shape index (κ2) is 7.34. The van der Waals surface area contributed by atoms with E-state index in [1.165, 1.54) is 24.0 Å². The topological polar surface area (TPSA) is 49.3 Å². The molecule has 2 N–H and O–H groups in total. The highest BCUT2D eigenvalue weighted by Crippen LogP contribution is 2.48. The first-order chi connectivity index (χ1) is 11.6. The molecule has 0 unspecified atom stereocenters. The maximum Gasteiger partial charge on any atom is 0.191 e. The number of aryl methyl sites for hydroxylation is 1. The number of pyridine rings is 1. The predicted octanol–water partition coefficient (Wildman–Crippen LogP) is 3.55. The summed E-state index contributed by atoms with van der Waals surface area (Å²) in [6.07, 6.45) is 4.26. The van der Waals surface area contributed by atoms with Crippen LogP contribution in [0.25, 0.3) is 0 Å². The Morgan fingerprint density at radius 2 is 2.08 bits per heavy atom. The van der Waals surface area contributed by atoms with Crippen LogP contribution in [-0.4, -0.2) is 24.5 Å². The summed E-state index contributed by atoms with van der Waals surface area (Å²) < 4.78 is 1.14. The number of nitrogens with zero attached hydrogens (tertiary/aromatic N) is 2. The molecule has 0 spiro atoms. The zero-order valence-corrected chi connectivity index (χ0v) is 15.7. The number of aromatic nitrogens is 1. The van der Waals surface area contributed by atoms with Crippen LogP contribution in [0, 0.1) is 6.92 Å². The number of benzene rings is 1. The second-order valence-corrected chi connectivity index (χ2v) is 7.25. The van der Waals surface area contributed by atoms with Crippen molar-refractivity contribution in [3.05, 3.63) is 63.9 Å². The summed E-state index contributed by atoms with van der Waals surface area (Å²) >= 11 is 3.57. The minimum Gasteiger partial charge on any atom is -0.356 e. The molecule has 1 heterocycles. The third kappa shape index (κ3) is 3.96. The fourth-order valence-electron chi connectivity index (χ4n) is 2.88. The van der Waals surface area contributed by atoms with Crippen LogP contribution >= 0.6 is 15.9 Å². The van der Waals surface area contributed by atoms with Gasteiger partial charge in [0.15, 0.2) is 5.96 Å². The van der Waals surface area contributed by atoms with Gasteiger partial charge in [0.05, 0.1) is 12.2 Å². The molecule has 0 aliphatic heterocycles.